The first-order valence-electron chi connectivity index (χ1n) is 6.70. The molecule has 22 heavy (non-hydrogen) atoms. The van der Waals surface area contributed by atoms with Gasteiger partial charge in [0, 0.05) is 0 Å². The van der Waals surface area contributed by atoms with Crippen molar-refractivity contribution in [1.82, 2.24) is 0 Å². The van der Waals surface area contributed by atoms with Gasteiger partial charge >= 0.3 is 18.0 Å². The summed E-state index contributed by atoms with van der Waals surface area (Å²) >= 11 is 0. The van der Waals surface area contributed by atoms with Crippen molar-refractivity contribution in [3.8, 4) is 0 Å². The molecule has 0 bridgehead atoms. The number of rotatable bonds is 7. The summed E-state index contributed by atoms with van der Waals surface area (Å²) in [6, 6.07) is 0. The van der Waals surface area contributed by atoms with E-state index in [1.165, 1.54) is 6.08 Å². The zero-order chi connectivity index (χ0) is 17.0. The highest BCUT2D eigenvalue weighted by Crippen LogP contribution is 2.46. The van der Waals surface area contributed by atoms with Gasteiger partial charge in [-0.05, 0) is 31.1 Å². The van der Waals surface area contributed by atoms with Gasteiger partial charge in [-0.25, -0.2) is 0 Å². The Kier molecular flexibility index (Phi) is 6.06. The molecule has 2 unspecified atom stereocenters. The molecule has 0 aliphatic heterocycles. The third-order valence-corrected chi connectivity index (χ3v) is 3.57. The molecular weight excluding hydrogens is 317 g/mol. The summed E-state index contributed by atoms with van der Waals surface area (Å²) in [7, 11) is 0. The molecule has 1 rings (SSSR count). The van der Waals surface area contributed by atoms with Gasteiger partial charge in [0.25, 0.3) is 0 Å². The minimum absolute atomic E-state index is 0.212. The van der Waals surface area contributed by atoms with E-state index in [4.69, 9.17) is 0 Å². The molecule has 8 heteroatoms. The first-order valence-corrected chi connectivity index (χ1v) is 6.70. The molecule has 0 amide bonds. The second kappa shape index (κ2) is 7.02. The van der Waals surface area contributed by atoms with Crippen LogP contribution < -0.4 is 0 Å². The SMILES string of the molecule is C=CC1CCC(/C=C/COCC(F)(F)C(F)(F)C(F)(F)F)C1. The van der Waals surface area contributed by atoms with E-state index in [9.17, 15) is 30.7 Å². The zero-order valence-corrected chi connectivity index (χ0v) is 11.7. The van der Waals surface area contributed by atoms with Gasteiger partial charge in [-0.2, -0.15) is 30.7 Å². The molecule has 0 radical (unpaired) electrons. The van der Waals surface area contributed by atoms with E-state index in [-0.39, 0.29) is 5.92 Å². The molecule has 0 aromatic rings. The lowest BCUT2D eigenvalue weighted by Crippen LogP contribution is -2.54. The Morgan fingerprint density at radius 3 is 2.09 bits per heavy atom. The van der Waals surface area contributed by atoms with E-state index in [0.29, 0.717) is 5.92 Å². The lowest BCUT2D eigenvalue weighted by atomic mass is 10.0. The Labute approximate surface area is 123 Å². The molecule has 0 aromatic carbocycles. The first-order chi connectivity index (χ1) is 10.0. The first kappa shape index (κ1) is 19.0. The van der Waals surface area contributed by atoms with Crippen molar-refractivity contribution in [1.29, 1.82) is 0 Å². The van der Waals surface area contributed by atoms with Gasteiger partial charge in [-0.3, -0.25) is 0 Å². The molecule has 0 spiro atoms. The third kappa shape index (κ3) is 4.47. The second-order valence-corrected chi connectivity index (χ2v) is 5.29. The van der Waals surface area contributed by atoms with Crippen LogP contribution in [0.4, 0.5) is 30.7 Å². The Bertz CT molecular complexity index is 400. The summed E-state index contributed by atoms with van der Waals surface area (Å²) in [6.07, 6.45) is 1.25. The Morgan fingerprint density at radius 1 is 1.00 bits per heavy atom. The van der Waals surface area contributed by atoms with Gasteiger partial charge in [-0.15, -0.1) is 6.58 Å². The van der Waals surface area contributed by atoms with Crippen LogP contribution in [0.25, 0.3) is 0 Å². The van der Waals surface area contributed by atoms with Crippen LogP contribution in [-0.4, -0.2) is 31.2 Å². The number of halogens is 7. The van der Waals surface area contributed by atoms with E-state index in [0.717, 1.165) is 19.3 Å². The Balaban J connectivity index is 2.39. The smallest absolute Gasteiger partial charge is 0.371 e. The summed E-state index contributed by atoms with van der Waals surface area (Å²) in [5.74, 6) is -10.8. The van der Waals surface area contributed by atoms with Crippen LogP contribution in [0.1, 0.15) is 19.3 Å². The van der Waals surface area contributed by atoms with Crippen LogP contribution >= 0.6 is 0 Å². The molecule has 1 nitrogen and oxygen atoms in total. The fraction of sp³-hybridized carbons (Fsp3) is 0.714. The number of ether oxygens (including phenoxy) is 1. The predicted molar refractivity (Wildman–Crippen MR) is 66.9 cm³/mol. The highest BCUT2D eigenvalue weighted by atomic mass is 19.4. The quantitative estimate of drug-likeness (QED) is 0.362. The number of allylic oxidation sites excluding steroid dienone is 2. The molecule has 1 saturated carbocycles. The predicted octanol–water partition coefficient (Wildman–Crippen LogP) is 4.99. The van der Waals surface area contributed by atoms with Crippen LogP contribution in [0.3, 0.4) is 0 Å². The van der Waals surface area contributed by atoms with Crippen molar-refractivity contribution < 1.29 is 35.5 Å². The van der Waals surface area contributed by atoms with Crippen molar-refractivity contribution in [2.24, 2.45) is 11.8 Å². The topological polar surface area (TPSA) is 9.23 Å². The summed E-state index contributed by atoms with van der Waals surface area (Å²) < 4.78 is 90.8. The molecule has 0 heterocycles. The maximum Gasteiger partial charge on any atom is 0.459 e. The van der Waals surface area contributed by atoms with Gasteiger partial charge in [0.05, 0.1) is 6.61 Å². The average molecular weight is 334 g/mol. The van der Waals surface area contributed by atoms with E-state index < -0.39 is 31.2 Å². The fourth-order valence-electron chi connectivity index (χ4n) is 2.24. The van der Waals surface area contributed by atoms with Crippen LogP contribution in [0.5, 0.6) is 0 Å². The maximum absolute atomic E-state index is 12.9. The van der Waals surface area contributed by atoms with E-state index in [2.05, 4.69) is 11.3 Å². The molecule has 2 atom stereocenters. The van der Waals surface area contributed by atoms with Crippen LogP contribution in [0, 0.1) is 11.8 Å². The molecule has 0 aromatic heterocycles. The van der Waals surface area contributed by atoms with Gasteiger partial charge in [0.2, 0.25) is 0 Å². The molecule has 1 fully saturated rings. The summed E-state index contributed by atoms with van der Waals surface area (Å²) in [6.45, 7) is 1.22. The largest absolute Gasteiger partial charge is 0.459 e. The highest BCUT2D eigenvalue weighted by molar-refractivity contribution is 4.97. The normalized spacial score (nSPS) is 24.1. The standard InChI is InChI=1S/C14H17F7O/c1-2-10-5-6-11(8-10)4-3-7-22-9-12(15,16)13(17,18)14(19,20)21/h2-4,10-11H,1,5-9H2/b4-3+. The minimum Gasteiger partial charge on any atom is -0.371 e. The van der Waals surface area contributed by atoms with Gasteiger partial charge < -0.3 is 4.74 Å². The van der Waals surface area contributed by atoms with Crippen LogP contribution in [0.15, 0.2) is 24.8 Å². The third-order valence-electron chi connectivity index (χ3n) is 3.57. The van der Waals surface area contributed by atoms with Crippen LogP contribution in [-0.2, 0) is 4.74 Å². The van der Waals surface area contributed by atoms with Gasteiger partial charge in [-0.1, -0.05) is 18.2 Å². The van der Waals surface area contributed by atoms with Crippen LogP contribution in [0.2, 0.25) is 0 Å². The fourth-order valence-corrected chi connectivity index (χ4v) is 2.24. The number of alkyl halides is 7. The van der Waals surface area contributed by atoms with Crippen molar-refractivity contribution in [2.45, 2.75) is 37.3 Å². The second-order valence-electron chi connectivity index (χ2n) is 5.29. The maximum atomic E-state index is 12.9. The zero-order valence-electron chi connectivity index (χ0n) is 11.7. The summed E-state index contributed by atoms with van der Waals surface area (Å²) in [5.41, 5.74) is 0. The molecule has 0 N–H and O–H groups in total. The molecular formula is C14H17F7O. The van der Waals surface area contributed by atoms with Crippen molar-refractivity contribution in [3.05, 3.63) is 24.8 Å². The molecule has 0 saturated heterocycles. The Hall–Kier alpha value is -1.05. The van der Waals surface area contributed by atoms with Crippen molar-refractivity contribution in [3.63, 3.8) is 0 Å². The highest BCUT2D eigenvalue weighted by Gasteiger charge is 2.72. The van der Waals surface area contributed by atoms with Gasteiger partial charge in [0.1, 0.15) is 6.61 Å². The number of hydrogen-bond donors (Lipinski definition) is 0. The van der Waals surface area contributed by atoms with Crippen molar-refractivity contribution in [2.75, 3.05) is 13.2 Å². The van der Waals surface area contributed by atoms with E-state index in [1.807, 2.05) is 6.08 Å². The molecule has 1 aliphatic rings. The minimum atomic E-state index is -6.32. The lowest BCUT2D eigenvalue weighted by Gasteiger charge is -2.27. The Morgan fingerprint density at radius 2 is 1.59 bits per heavy atom. The summed E-state index contributed by atoms with van der Waals surface area (Å²) in [4.78, 5) is 0. The van der Waals surface area contributed by atoms with E-state index >= 15 is 0 Å². The summed E-state index contributed by atoms with van der Waals surface area (Å²) in [5, 5.41) is 0. The average Bonchev–Trinajstić information content (AvgIpc) is 2.84. The van der Waals surface area contributed by atoms with Crippen molar-refractivity contribution >= 4 is 0 Å². The number of hydrogen-bond acceptors (Lipinski definition) is 1. The lowest BCUT2D eigenvalue weighted by molar-refractivity contribution is -0.361. The molecule has 1 aliphatic carbocycles. The van der Waals surface area contributed by atoms with E-state index in [1.54, 1.807) is 6.08 Å². The monoisotopic (exact) mass is 334 g/mol. The van der Waals surface area contributed by atoms with Gasteiger partial charge in [0.15, 0.2) is 0 Å². The molecule has 128 valence electrons.